The molecule has 7 heteroatoms. The Labute approximate surface area is 206 Å². The predicted octanol–water partition coefficient (Wildman–Crippen LogP) is -10.8. The Morgan fingerprint density at radius 2 is 1.15 bits per heavy atom. The van der Waals surface area contributed by atoms with E-state index in [2.05, 4.69) is 0 Å². The molecule has 0 atom stereocenters. The van der Waals surface area contributed by atoms with Crippen LogP contribution in [0.2, 0.25) is 0 Å². The molecule has 0 aromatic heterocycles. The summed E-state index contributed by atoms with van der Waals surface area (Å²) in [6.45, 7) is 0. The van der Waals surface area contributed by atoms with Gasteiger partial charge in [-0.05, 0) is 12.1 Å². The van der Waals surface area contributed by atoms with Crippen LogP contribution in [0.25, 0.3) is 0 Å². The van der Waals surface area contributed by atoms with Crippen LogP contribution in [0.3, 0.4) is 0 Å². The Morgan fingerprint density at radius 3 is 1.38 bits per heavy atom. The van der Waals surface area contributed by atoms with E-state index >= 15 is 0 Å². The van der Waals surface area contributed by atoms with E-state index in [4.69, 9.17) is 0 Å². The van der Waals surface area contributed by atoms with Crippen molar-refractivity contribution in [3.63, 3.8) is 0 Å². The van der Waals surface area contributed by atoms with E-state index in [1.165, 1.54) is 24.3 Å². The molecule has 13 heavy (non-hydrogen) atoms. The van der Waals surface area contributed by atoms with Crippen molar-refractivity contribution in [3.05, 3.63) is 30.3 Å². The third kappa shape index (κ3) is 10.1. The van der Waals surface area contributed by atoms with Gasteiger partial charge in [-0.1, -0.05) is 18.2 Å². The zero-order chi connectivity index (χ0) is 7.61. The molecule has 0 aliphatic rings. The van der Waals surface area contributed by atoms with E-state index in [-0.39, 0.29) is 159 Å². The second kappa shape index (κ2) is 11.5. The minimum atomic E-state index is -4.52. The van der Waals surface area contributed by atoms with Crippen LogP contribution in [0.5, 0.6) is 0 Å². The van der Waals surface area contributed by atoms with Crippen LogP contribution >= 0.6 is 7.94 Å². The van der Waals surface area contributed by atoms with E-state index in [1.807, 2.05) is 0 Å². The maximum atomic E-state index is 10.3. The summed E-state index contributed by atoms with van der Waals surface area (Å²) in [5.74, 6) is 0. The Morgan fingerprint density at radius 1 is 0.769 bits per heavy atom. The van der Waals surface area contributed by atoms with Gasteiger partial charge in [0.2, 0.25) is 0 Å². The predicted molar refractivity (Wildman–Crippen MR) is 33.0 cm³/mol. The fraction of sp³-hybridized carbons (Fsp3) is 0. The molecule has 1 rings (SSSR count). The summed E-state index contributed by atoms with van der Waals surface area (Å²) in [5, 5.41) is -0.157. The van der Waals surface area contributed by atoms with Gasteiger partial charge < -0.3 is 14.7 Å². The molecule has 54 valence electrons. The van der Waals surface area contributed by atoms with Crippen molar-refractivity contribution in [3.8, 4) is 0 Å². The molecule has 0 amide bonds. The van der Waals surface area contributed by atoms with Gasteiger partial charge in [-0.2, -0.15) is 0 Å². The molecule has 0 N–H and O–H groups in total. The topological polar surface area (TPSA) is 69.2 Å². The fourth-order valence-electron chi connectivity index (χ4n) is 0.611. The molecular formula is C6H5K3O3P+. The standard InChI is InChI=1S/C6H7O3P.3K/c7-10(8,9)6-4-2-1-3-5-6;;;/h1-5H,(H2,7,8,9);;;/q;3*+1/p-2. The quantitative estimate of drug-likeness (QED) is 0.377. The summed E-state index contributed by atoms with van der Waals surface area (Å²) in [7, 11) is -4.52. The first-order chi connectivity index (χ1) is 4.61. The molecule has 1 aromatic carbocycles. The monoisotopic (exact) mass is 273 g/mol. The average Bonchev–Trinajstić information content (AvgIpc) is 1.88. The molecule has 0 unspecified atom stereocenters. The van der Waals surface area contributed by atoms with E-state index in [1.54, 1.807) is 6.07 Å². The molecule has 0 saturated carbocycles. The second-order valence-electron chi connectivity index (χ2n) is 1.83. The van der Waals surface area contributed by atoms with E-state index < -0.39 is 7.94 Å². The number of hydrogen-bond acceptors (Lipinski definition) is 3. The Kier molecular flexibility index (Phi) is 20.0. The summed E-state index contributed by atoms with van der Waals surface area (Å²) in [5.41, 5.74) is 0. The van der Waals surface area contributed by atoms with Crippen molar-refractivity contribution in [2.45, 2.75) is 0 Å². The Balaban J connectivity index is -0.000000333. The maximum Gasteiger partial charge on any atom is 1.00 e. The largest absolute Gasteiger partial charge is 1.00 e. The normalized spacial score (nSPS) is 8.85. The van der Waals surface area contributed by atoms with Crippen molar-refractivity contribution >= 4 is 13.2 Å². The van der Waals surface area contributed by atoms with Crippen LogP contribution in [0.15, 0.2) is 30.3 Å². The Bertz CT molecular complexity index is 214. The van der Waals surface area contributed by atoms with Crippen LogP contribution in [-0.4, -0.2) is 0 Å². The van der Waals surface area contributed by atoms with E-state index in [0.29, 0.717) is 0 Å². The van der Waals surface area contributed by atoms with Crippen LogP contribution < -0.4 is 174 Å². The molecule has 0 aliphatic heterocycles. The van der Waals surface area contributed by atoms with Gasteiger partial charge in [-0.15, -0.1) is 7.94 Å². The van der Waals surface area contributed by atoms with Crippen LogP contribution in [0.1, 0.15) is 0 Å². The van der Waals surface area contributed by atoms with Gasteiger partial charge in [-0.3, -0.25) is 0 Å². The van der Waals surface area contributed by atoms with Crippen molar-refractivity contribution in [2.24, 2.45) is 0 Å². The van der Waals surface area contributed by atoms with Gasteiger partial charge in [0.1, 0.15) is 0 Å². The molecule has 3 nitrogen and oxygen atoms in total. The first kappa shape index (κ1) is 22.6. The SMILES string of the molecule is [K+].[K+].[K+].[O-][P+]([O-])([O-])c1ccccc1. The molecule has 0 heterocycles. The van der Waals surface area contributed by atoms with Gasteiger partial charge in [0, 0.05) is 0 Å². The molecule has 0 saturated heterocycles. The molecule has 0 radical (unpaired) electrons. The first-order valence-corrected chi connectivity index (χ1v) is 4.22. The van der Waals surface area contributed by atoms with Crippen molar-refractivity contribution in [1.82, 2.24) is 0 Å². The van der Waals surface area contributed by atoms with Gasteiger partial charge in [0.05, 0.1) is 5.30 Å². The van der Waals surface area contributed by atoms with Crippen LogP contribution in [-0.2, 0) is 0 Å². The van der Waals surface area contributed by atoms with Gasteiger partial charge in [0.15, 0.2) is 0 Å². The third-order valence-corrected chi connectivity index (χ3v) is 2.00. The maximum absolute atomic E-state index is 10.3. The summed E-state index contributed by atoms with van der Waals surface area (Å²) in [4.78, 5) is 30.9. The average molecular weight is 273 g/mol. The minimum absolute atomic E-state index is 0. The van der Waals surface area contributed by atoms with E-state index in [9.17, 15) is 14.7 Å². The number of benzene rings is 1. The van der Waals surface area contributed by atoms with Gasteiger partial charge in [-0.25, -0.2) is 0 Å². The van der Waals surface area contributed by atoms with Crippen molar-refractivity contribution < 1.29 is 169 Å². The smallest absolute Gasteiger partial charge is 0.684 e. The summed E-state index contributed by atoms with van der Waals surface area (Å²) < 4.78 is 0. The molecule has 1 aromatic rings. The second-order valence-corrected chi connectivity index (χ2v) is 3.34. The minimum Gasteiger partial charge on any atom is -0.684 e. The van der Waals surface area contributed by atoms with Crippen molar-refractivity contribution in [2.75, 3.05) is 0 Å². The van der Waals surface area contributed by atoms with Crippen molar-refractivity contribution in [1.29, 1.82) is 0 Å². The summed E-state index contributed by atoms with van der Waals surface area (Å²) in [6.07, 6.45) is 0. The molecule has 0 spiro atoms. The molecule has 0 aliphatic carbocycles. The number of rotatable bonds is 1. The van der Waals surface area contributed by atoms with Crippen LogP contribution in [0, 0.1) is 0 Å². The van der Waals surface area contributed by atoms with Gasteiger partial charge in [0.25, 0.3) is 0 Å². The zero-order valence-electron chi connectivity index (χ0n) is 8.06. The summed E-state index contributed by atoms with van der Waals surface area (Å²) >= 11 is 0. The van der Waals surface area contributed by atoms with Gasteiger partial charge >= 0.3 is 154 Å². The Hall–Kier alpha value is 4.44. The molecule has 0 fully saturated rings. The molecule has 0 bridgehead atoms. The fourth-order valence-corrected chi connectivity index (χ4v) is 1.15. The van der Waals surface area contributed by atoms with E-state index in [0.717, 1.165) is 0 Å². The van der Waals surface area contributed by atoms with Crippen LogP contribution in [0.4, 0.5) is 0 Å². The molecular weight excluding hydrogens is 268 g/mol. The number of hydrogen-bond donors (Lipinski definition) is 0. The zero-order valence-corrected chi connectivity index (χ0v) is 18.3. The summed E-state index contributed by atoms with van der Waals surface area (Å²) in [6, 6.07) is 7.23. The third-order valence-electron chi connectivity index (χ3n) is 1.07. The first-order valence-electron chi connectivity index (χ1n) is 2.68.